The second-order valence-electron chi connectivity index (χ2n) is 6.14. The van der Waals surface area contributed by atoms with Crippen LogP contribution in [0.4, 0.5) is 11.6 Å². The number of nitrogens with zero attached hydrogens (tertiary/aromatic N) is 4. The predicted molar refractivity (Wildman–Crippen MR) is 83.4 cm³/mol. The van der Waals surface area contributed by atoms with Gasteiger partial charge in [0, 0.05) is 32.5 Å². The lowest BCUT2D eigenvalue weighted by molar-refractivity contribution is 0.254. The van der Waals surface area contributed by atoms with Gasteiger partial charge in [0.2, 0.25) is 0 Å². The summed E-state index contributed by atoms with van der Waals surface area (Å²) in [6, 6.07) is 0. The number of aromatic nitrogens is 3. The van der Waals surface area contributed by atoms with E-state index in [-0.39, 0.29) is 5.41 Å². The average Bonchev–Trinajstić information content (AvgIpc) is 2.82. The summed E-state index contributed by atoms with van der Waals surface area (Å²) < 4.78 is 1.97. The molecule has 2 N–H and O–H groups in total. The summed E-state index contributed by atoms with van der Waals surface area (Å²) >= 11 is 0. The first-order chi connectivity index (χ1) is 9.41. The van der Waals surface area contributed by atoms with E-state index in [0.29, 0.717) is 0 Å². The van der Waals surface area contributed by atoms with Gasteiger partial charge in [0.05, 0.1) is 6.20 Å². The van der Waals surface area contributed by atoms with Crippen LogP contribution in [0.25, 0.3) is 5.65 Å². The fourth-order valence-corrected chi connectivity index (χ4v) is 2.41. The number of fused-ring (bicyclic) bond motifs is 1. The normalized spacial score (nSPS) is 12.1. The molecule has 0 saturated heterocycles. The van der Waals surface area contributed by atoms with Gasteiger partial charge in [-0.1, -0.05) is 13.8 Å². The van der Waals surface area contributed by atoms with E-state index in [0.717, 1.165) is 30.4 Å². The summed E-state index contributed by atoms with van der Waals surface area (Å²) in [5.41, 5.74) is 1.01. The Bertz CT molecular complexity index is 572. The first-order valence-electron chi connectivity index (χ1n) is 6.81. The molecule has 0 unspecified atom stereocenters. The SMILES string of the molecule is CNc1cn2ccnc2c(NCC(C)(C)CN(C)C)n1. The van der Waals surface area contributed by atoms with Crippen molar-refractivity contribution >= 4 is 17.3 Å². The zero-order valence-corrected chi connectivity index (χ0v) is 12.9. The molecule has 20 heavy (non-hydrogen) atoms. The van der Waals surface area contributed by atoms with Crippen LogP contribution < -0.4 is 10.6 Å². The molecule has 0 saturated carbocycles. The van der Waals surface area contributed by atoms with Crippen molar-refractivity contribution in [1.29, 1.82) is 0 Å². The molecule has 2 aromatic heterocycles. The Morgan fingerprint density at radius 1 is 1.35 bits per heavy atom. The highest BCUT2D eigenvalue weighted by Gasteiger charge is 2.19. The number of nitrogens with one attached hydrogen (secondary N) is 2. The topological polar surface area (TPSA) is 57.5 Å². The highest BCUT2D eigenvalue weighted by Crippen LogP contribution is 2.20. The highest BCUT2D eigenvalue weighted by molar-refractivity contribution is 5.65. The number of imidazole rings is 1. The Labute approximate surface area is 120 Å². The minimum absolute atomic E-state index is 0.157. The summed E-state index contributed by atoms with van der Waals surface area (Å²) in [5.74, 6) is 1.64. The molecule has 0 aliphatic carbocycles. The van der Waals surface area contributed by atoms with Crippen molar-refractivity contribution in [2.24, 2.45) is 5.41 Å². The Hall–Kier alpha value is -1.82. The fraction of sp³-hybridized carbons (Fsp3) is 0.571. The van der Waals surface area contributed by atoms with Gasteiger partial charge in [0.15, 0.2) is 11.5 Å². The zero-order chi connectivity index (χ0) is 14.8. The van der Waals surface area contributed by atoms with Gasteiger partial charge < -0.3 is 19.9 Å². The van der Waals surface area contributed by atoms with E-state index in [1.54, 1.807) is 6.20 Å². The molecule has 2 aromatic rings. The van der Waals surface area contributed by atoms with E-state index >= 15 is 0 Å². The zero-order valence-electron chi connectivity index (χ0n) is 12.9. The molecule has 2 heterocycles. The molecule has 0 aliphatic heterocycles. The maximum Gasteiger partial charge on any atom is 0.180 e. The van der Waals surface area contributed by atoms with Gasteiger partial charge in [-0.15, -0.1) is 0 Å². The lowest BCUT2D eigenvalue weighted by Gasteiger charge is -2.28. The van der Waals surface area contributed by atoms with Crippen molar-refractivity contribution in [2.75, 3.05) is 44.9 Å². The van der Waals surface area contributed by atoms with E-state index < -0.39 is 0 Å². The third-order valence-electron chi connectivity index (χ3n) is 3.11. The molecular weight excluding hydrogens is 252 g/mol. The minimum Gasteiger partial charge on any atom is -0.372 e. The van der Waals surface area contributed by atoms with Crippen LogP contribution in [0.2, 0.25) is 0 Å². The smallest absolute Gasteiger partial charge is 0.180 e. The molecule has 0 aliphatic rings. The Morgan fingerprint density at radius 3 is 2.75 bits per heavy atom. The standard InChI is InChI=1S/C14H24N6/c1-14(2,10-19(4)5)9-17-12-13-16-6-7-20(13)8-11(15-3)18-12/h6-8,15H,9-10H2,1-5H3,(H,17,18). The van der Waals surface area contributed by atoms with E-state index in [2.05, 4.69) is 53.4 Å². The predicted octanol–water partition coefficient (Wildman–Crippen LogP) is 1.77. The summed E-state index contributed by atoms with van der Waals surface area (Å²) in [6.45, 7) is 6.33. The molecule has 0 radical (unpaired) electrons. The van der Waals surface area contributed by atoms with Crippen molar-refractivity contribution < 1.29 is 0 Å². The lowest BCUT2D eigenvalue weighted by Crippen LogP contribution is -2.34. The second kappa shape index (κ2) is 5.66. The average molecular weight is 276 g/mol. The Morgan fingerprint density at radius 2 is 2.10 bits per heavy atom. The Kier molecular flexibility index (Phi) is 4.13. The molecule has 0 atom stereocenters. The van der Waals surface area contributed by atoms with Crippen LogP contribution in [-0.4, -0.2) is 53.5 Å². The molecule has 110 valence electrons. The molecule has 0 spiro atoms. The first-order valence-corrected chi connectivity index (χ1v) is 6.81. The molecular formula is C14H24N6. The van der Waals surface area contributed by atoms with Crippen LogP contribution >= 0.6 is 0 Å². The fourth-order valence-electron chi connectivity index (χ4n) is 2.41. The van der Waals surface area contributed by atoms with Crippen LogP contribution in [0.5, 0.6) is 0 Å². The van der Waals surface area contributed by atoms with Crippen LogP contribution in [-0.2, 0) is 0 Å². The second-order valence-corrected chi connectivity index (χ2v) is 6.14. The van der Waals surface area contributed by atoms with E-state index in [1.165, 1.54) is 0 Å². The van der Waals surface area contributed by atoms with E-state index in [9.17, 15) is 0 Å². The van der Waals surface area contributed by atoms with Gasteiger partial charge in [-0.3, -0.25) is 0 Å². The largest absolute Gasteiger partial charge is 0.372 e. The maximum absolute atomic E-state index is 4.55. The van der Waals surface area contributed by atoms with E-state index in [4.69, 9.17) is 0 Å². The van der Waals surface area contributed by atoms with Gasteiger partial charge in [-0.2, -0.15) is 0 Å². The van der Waals surface area contributed by atoms with E-state index in [1.807, 2.05) is 23.8 Å². The summed E-state index contributed by atoms with van der Waals surface area (Å²) in [6.07, 6.45) is 5.64. The molecule has 0 fully saturated rings. The van der Waals surface area contributed by atoms with Crippen LogP contribution in [0.15, 0.2) is 18.6 Å². The number of rotatable bonds is 6. The summed E-state index contributed by atoms with van der Waals surface area (Å²) in [5, 5.41) is 6.50. The molecule has 0 amide bonds. The summed E-state index contributed by atoms with van der Waals surface area (Å²) in [7, 11) is 6.05. The molecule has 6 heteroatoms. The Balaban J connectivity index is 2.18. The van der Waals surface area contributed by atoms with Crippen molar-refractivity contribution in [2.45, 2.75) is 13.8 Å². The first kappa shape index (κ1) is 14.6. The van der Waals surface area contributed by atoms with Crippen LogP contribution in [0.1, 0.15) is 13.8 Å². The minimum atomic E-state index is 0.157. The van der Waals surface area contributed by atoms with Gasteiger partial charge in [0.25, 0.3) is 0 Å². The van der Waals surface area contributed by atoms with Gasteiger partial charge >= 0.3 is 0 Å². The third-order valence-corrected chi connectivity index (χ3v) is 3.11. The summed E-state index contributed by atoms with van der Waals surface area (Å²) in [4.78, 5) is 11.1. The molecule has 0 aromatic carbocycles. The molecule has 2 rings (SSSR count). The van der Waals surface area contributed by atoms with Gasteiger partial charge in [-0.25, -0.2) is 9.97 Å². The van der Waals surface area contributed by atoms with Crippen molar-refractivity contribution in [3.8, 4) is 0 Å². The molecule has 6 nitrogen and oxygen atoms in total. The van der Waals surface area contributed by atoms with Crippen LogP contribution in [0, 0.1) is 5.41 Å². The number of hydrogen-bond donors (Lipinski definition) is 2. The quantitative estimate of drug-likeness (QED) is 0.842. The van der Waals surface area contributed by atoms with Crippen molar-refractivity contribution in [1.82, 2.24) is 19.3 Å². The molecule has 0 bridgehead atoms. The number of hydrogen-bond acceptors (Lipinski definition) is 5. The van der Waals surface area contributed by atoms with Crippen molar-refractivity contribution in [3.63, 3.8) is 0 Å². The van der Waals surface area contributed by atoms with Gasteiger partial charge in [-0.05, 0) is 19.5 Å². The lowest BCUT2D eigenvalue weighted by atomic mass is 9.93. The monoisotopic (exact) mass is 276 g/mol. The van der Waals surface area contributed by atoms with Gasteiger partial charge in [0.1, 0.15) is 5.82 Å². The third kappa shape index (κ3) is 3.39. The van der Waals surface area contributed by atoms with Crippen molar-refractivity contribution in [3.05, 3.63) is 18.6 Å². The maximum atomic E-state index is 4.55. The number of anilines is 2. The van der Waals surface area contributed by atoms with Crippen LogP contribution in [0.3, 0.4) is 0 Å². The highest BCUT2D eigenvalue weighted by atomic mass is 15.1.